The second-order valence-electron chi connectivity index (χ2n) is 2.74. The molecule has 0 aliphatic heterocycles. The fraction of sp³-hybridized carbons (Fsp3) is 0.273. The van der Waals surface area contributed by atoms with Crippen molar-refractivity contribution in [2.45, 2.75) is 19.3 Å². The lowest BCUT2D eigenvalue weighted by atomic mass is 9.95. The van der Waals surface area contributed by atoms with Crippen molar-refractivity contribution in [1.82, 2.24) is 0 Å². The van der Waals surface area contributed by atoms with Crippen molar-refractivity contribution < 1.29 is 0 Å². The third-order valence-electron chi connectivity index (χ3n) is 2.01. The largest absolute Gasteiger partial charge is 0.196 e. The van der Waals surface area contributed by atoms with E-state index in [4.69, 9.17) is 10.5 Å². The van der Waals surface area contributed by atoms with Gasteiger partial charge in [0.1, 0.15) is 0 Å². The molecular weight excluding hydrogens is 160 g/mol. The van der Waals surface area contributed by atoms with Crippen molar-refractivity contribution in [3.8, 4) is 12.1 Å². The van der Waals surface area contributed by atoms with Crippen molar-refractivity contribution in [3.63, 3.8) is 0 Å². The molecule has 0 saturated carbocycles. The summed E-state index contributed by atoms with van der Waals surface area (Å²) in [6.07, 6.45) is 0.857. The number of hydrogen-bond acceptors (Lipinski definition) is 2. The summed E-state index contributed by atoms with van der Waals surface area (Å²) in [7, 11) is 0. The fourth-order valence-electron chi connectivity index (χ4n) is 1.31. The van der Waals surface area contributed by atoms with Crippen LogP contribution in [0.5, 0.6) is 0 Å². The summed E-state index contributed by atoms with van der Waals surface area (Å²) < 4.78 is 0. The number of hydrogen-bond donors (Lipinski definition) is 0. The van der Waals surface area contributed by atoms with Gasteiger partial charge in [-0.2, -0.15) is 10.5 Å². The van der Waals surface area contributed by atoms with E-state index in [0.717, 1.165) is 17.5 Å². The van der Waals surface area contributed by atoms with Crippen molar-refractivity contribution in [1.29, 1.82) is 10.5 Å². The molecule has 0 unspecified atom stereocenters. The van der Waals surface area contributed by atoms with Crippen LogP contribution in [0.25, 0.3) is 0 Å². The van der Waals surface area contributed by atoms with Crippen molar-refractivity contribution in [2.24, 2.45) is 0 Å². The van der Waals surface area contributed by atoms with E-state index in [1.54, 1.807) is 0 Å². The molecule has 0 saturated heterocycles. The van der Waals surface area contributed by atoms with E-state index >= 15 is 0 Å². The predicted molar refractivity (Wildman–Crippen MR) is 49.8 cm³/mol. The first-order chi connectivity index (χ1) is 6.33. The summed E-state index contributed by atoms with van der Waals surface area (Å²) in [5.41, 5.74) is 1.92. The van der Waals surface area contributed by atoms with E-state index in [0.29, 0.717) is 0 Å². The lowest BCUT2D eigenvalue weighted by Gasteiger charge is -2.06. The molecule has 1 aromatic rings. The third kappa shape index (κ3) is 1.86. The molecule has 0 spiro atoms. The van der Waals surface area contributed by atoms with Crippen LogP contribution in [-0.2, 0) is 6.42 Å². The van der Waals surface area contributed by atoms with Gasteiger partial charge in [0, 0.05) is 0 Å². The van der Waals surface area contributed by atoms with Crippen LogP contribution in [0.3, 0.4) is 0 Å². The van der Waals surface area contributed by atoms with E-state index in [9.17, 15) is 0 Å². The highest BCUT2D eigenvalue weighted by atomic mass is 14.3. The second kappa shape index (κ2) is 4.28. The molecule has 0 bridgehead atoms. The third-order valence-corrected chi connectivity index (χ3v) is 2.01. The number of benzene rings is 1. The second-order valence-corrected chi connectivity index (χ2v) is 2.74. The fourth-order valence-corrected chi connectivity index (χ4v) is 1.31. The maximum Gasteiger partial charge on any atom is 0.158 e. The minimum Gasteiger partial charge on any atom is -0.196 e. The Morgan fingerprint density at radius 1 is 1.23 bits per heavy atom. The van der Waals surface area contributed by atoms with Gasteiger partial charge in [0.25, 0.3) is 0 Å². The van der Waals surface area contributed by atoms with Gasteiger partial charge in [-0.15, -0.1) is 0 Å². The molecular formula is C11H10N2. The number of aryl methyl sites for hydroxylation is 1. The summed E-state index contributed by atoms with van der Waals surface area (Å²) >= 11 is 0. The van der Waals surface area contributed by atoms with Crippen molar-refractivity contribution in [2.75, 3.05) is 0 Å². The van der Waals surface area contributed by atoms with Crippen LogP contribution < -0.4 is 0 Å². The van der Waals surface area contributed by atoms with Crippen LogP contribution in [0.4, 0.5) is 0 Å². The number of nitriles is 2. The van der Waals surface area contributed by atoms with E-state index in [2.05, 4.69) is 0 Å². The van der Waals surface area contributed by atoms with Crippen molar-refractivity contribution in [3.05, 3.63) is 35.4 Å². The SMILES string of the molecule is CCc1ccccc1C(C#N)C#N. The average Bonchev–Trinajstić information content (AvgIpc) is 2.20. The molecule has 0 aliphatic rings. The number of nitrogens with zero attached hydrogens (tertiary/aromatic N) is 2. The number of rotatable bonds is 2. The first-order valence-electron chi connectivity index (χ1n) is 4.20. The molecule has 0 amide bonds. The molecule has 0 fully saturated rings. The Bertz CT molecular complexity index is 354. The van der Waals surface area contributed by atoms with Gasteiger partial charge in [-0.1, -0.05) is 31.2 Å². The smallest absolute Gasteiger partial charge is 0.158 e. The van der Waals surface area contributed by atoms with Crippen LogP contribution in [0.1, 0.15) is 24.0 Å². The normalized spacial score (nSPS) is 9.23. The van der Waals surface area contributed by atoms with Crippen LogP contribution in [-0.4, -0.2) is 0 Å². The molecule has 13 heavy (non-hydrogen) atoms. The van der Waals surface area contributed by atoms with E-state index in [1.165, 1.54) is 0 Å². The molecule has 0 aliphatic carbocycles. The van der Waals surface area contributed by atoms with Gasteiger partial charge in [-0.25, -0.2) is 0 Å². The zero-order chi connectivity index (χ0) is 9.68. The minimum atomic E-state index is -0.629. The zero-order valence-electron chi connectivity index (χ0n) is 7.49. The van der Waals surface area contributed by atoms with E-state index < -0.39 is 5.92 Å². The molecule has 0 heterocycles. The Kier molecular flexibility index (Phi) is 3.06. The Morgan fingerprint density at radius 2 is 1.85 bits per heavy atom. The molecule has 1 aromatic carbocycles. The van der Waals surface area contributed by atoms with Crippen LogP contribution in [0, 0.1) is 22.7 Å². The van der Waals surface area contributed by atoms with E-state index in [-0.39, 0.29) is 0 Å². The summed E-state index contributed by atoms with van der Waals surface area (Å²) in [5, 5.41) is 17.5. The molecule has 0 radical (unpaired) electrons. The maximum atomic E-state index is 8.73. The highest BCUT2D eigenvalue weighted by Gasteiger charge is 2.11. The van der Waals surface area contributed by atoms with Crippen LogP contribution >= 0.6 is 0 Å². The highest BCUT2D eigenvalue weighted by Crippen LogP contribution is 2.19. The standard InChI is InChI=1S/C11H10N2/c1-2-9-5-3-4-6-11(9)10(7-12)8-13/h3-6,10H,2H2,1H3. The van der Waals surface area contributed by atoms with Gasteiger partial charge in [0.2, 0.25) is 0 Å². The van der Waals surface area contributed by atoms with Crippen molar-refractivity contribution >= 4 is 0 Å². The van der Waals surface area contributed by atoms with Gasteiger partial charge in [0.15, 0.2) is 5.92 Å². The quantitative estimate of drug-likeness (QED) is 0.684. The molecule has 0 aromatic heterocycles. The first-order valence-corrected chi connectivity index (χ1v) is 4.20. The van der Waals surface area contributed by atoms with Crippen LogP contribution in [0.2, 0.25) is 0 Å². The van der Waals surface area contributed by atoms with Gasteiger partial charge >= 0.3 is 0 Å². The minimum absolute atomic E-state index is 0.629. The first kappa shape index (κ1) is 9.29. The van der Waals surface area contributed by atoms with Gasteiger partial charge in [0.05, 0.1) is 12.1 Å². The Balaban J connectivity index is 3.15. The predicted octanol–water partition coefficient (Wildman–Crippen LogP) is 2.38. The Hall–Kier alpha value is -1.80. The Morgan fingerprint density at radius 3 is 2.38 bits per heavy atom. The van der Waals surface area contributed by atoms with Crippen LogP contribution in [0.15, 0.2) is 24.3 Å². The highest BCUT2D eigenvalue weighted by molar-refractivity contribution is 5.37. The molecule has 2 heteroatoms. The molecule has 0 atom stereocenters. The molecule has 64 valence electrons. The molecule has 1 rings (SSSR count). The monoisotopic (exact) mass is 170 g/mol. The van der Waals surface area contributed by atoms with Gasteiger partial charge in [-0.3, -0.25) is 0 Å². The zero-order valence-corrected chi connectivity index (χ0v) is 7.49. The Labute approximate surface area is 78.0 Å². The lowest BCUT2D eigenvalue weighted by molar-refractivity contribution is 1.02. The van der Waals surface area contributed by atoms with Gasteiger partial charge in [-0.05, 0) is 17.5 Å². The summed E-state index contributed by atoms with van der Waals surface area (Å²) in [5.74, 6) is -0.629. The average molecular weight is 170 g/mol. The molecule has 0 N–H and O–H groups in total. The maximum absolute atomic E-state index is 8.73. The van der Waals surface area contributed by atoms with E-state index in [1.807, 2.05) is 43.3 Å². The lowest BCUT2D eigenvalue weighted by Crippen LogP contribution is -1.97. The summed E-state index contributed by atoms with van der Waals surface area (Å²) in [6, 6.07) is 11.5. The topological polar surface area (TPSA) is 47.6 Å². The summed E-state index contributed by atoms with van der Waals surface area (Å²) in [4.78, 5) is 0. The molecule has 2 nitrogen and oxygen atoms in total. The van der Waals surface area contributed by atoms with Gasteiger partial charge < -0.3 is 0 Å². The summed E-state index contributed by atoms with van der Waals surface area (Å²) in [6.45, 7) is 2.02.